The Bertz CT molecular complexity index is 453. The van der Waals surface area contributed by atoms with Crippen LogP contribution in [0.25, 0.3) is 17.3 Å². The van der Waals surface area contributed by atoms with E-state index in [-0.39, 0.29) is 5.83 Å². The minimum absolute atomic E-state index is 0.204. The van der Waals surface area contributed by atoms with Crippen LogP contribution < -0.4 is 0 Å². The predicted molar refractivity (Wildman–Crippen MR) is 56.7 cm³/mol. The second-order valence-electron chi connectivity index (χ2n) is 3.24. The summed E-state index contributed by atoms with van der Waals surface area (Å²) >= 11 is 0. The first-order chi connectivity index (χ1) is 7.25. The highest BCUT2D eigenvalue weighted by molar-refractivity contribution is 5.62. The lowest BCUT2D eigenvalue weighted by molar-refractivity contribution is 0.422. The van der Waals surface area contributed by atoms with Gasteiger partial charge in [-0.3, -0.25) is 0 Å². The van der Waals surface area contributed by atoms with Crippen molar-refractivity contribution in [1.82, 2.24) is 5.16 Å². The first kappa shape index (κ1) is 9.65. The lowest BCUT2D eigenvalue weighted by Crippen LogP contribution is -1.78. The summed E-state index contributed by atoms with van der Waals surface area (Å²) in [6.07, 6.45) is 3.00. The van der Waals surface area contributed by atoms with Crippen molar-refractivity contribution in [2.24, 2.45) is 0 Å². The minimum atomic E-state index is -0.204. The normalized spacial score (nSPS) is 11.7. The lowest BCUT2D eigenvalue weighted by atomic mass is 10.1. The Labute approximate surface area is 87.0 Å². The van der Waals surface area contributed by atoms with Crippen LogP contribution in [0.4, 0.5) is 4.39 Å². The first-order valence-electron chi connectivity index (χ1n) is 4.60. The zero-order chi connectivity index (χ0) is 10.7. The molecule has 0 bridgehead atoms. The van der Waals surface area contributed by atoms with E-state index in [9.17, 15) is 4.39 Å². The van der Waals surface area contributed by atoms with E-state index >= 15 is 0 Å². The van der Waals surface area contributed by atoms with Crippen molar-refractivity contribution in [3.63, 3.8) is 0 Å². The fourth-order valence-corrected chi connectivity index (χ4v) is 1.34. The summed E-state index contributed by atoms with van der Waals surface area (Å²) in [5.41, 5.74) is 2.57. The Kier molecular flexibility index (Phi) is 2.63. The Morgan fingerprint density at radius 3 is 2.53 bits per heavy atom. The van der Waals surface area contributed by atoms with Crippen LogP contribution in [0.5, 0.6) is 0 Å². The lowest BCUT2D eigenvalue weighted by Gasteiger charge is -1.97. The summed E-state index contributed by atoms with van der Waals surface area (Å²) in [5, 5.41) is 3.81. The largest absolute Gasteiger partial charge is 0.364 e. The maximum atomic E-state index is 12.6. The van der Waals surface area contributed by atoms with Crippen molar-refractivity contribution < 1.29 is 8.91 Å². The number of aromatic nitrogens is 1. The van der Waals surface area contributed by atoms with Crippen molar-refractivity contribution in [3.8, 4) is 11.3 Å². The third-order valence-corrected chi connectivity index (χ3v) is 2.01. The fourth-order valence-electron chi connectivity index (χ4n) is 1.34. The molecule has 76 valence electrons. The smallest absolute Gasteiger partial charge is 0.124 e. The van der Waals surface area contributed by atoms with Crippen LogP contribution in [0.2, 0.25) is 0 Å². The van der Waals surface area contributed by atoms with E-state index in [1.807, 2.05) is 24.3 Å². The molecule has 0 atom stereocenters. The summed E-state index contributed by atoms with van der Waals surface area (Å²) in [6.45, 7) is 1.42. The SMILES string of the molecule is C/C(F)=C\c1ccc(-c2ccon2)cc1. The quantitative estimate of drug-likeness (QED) is 0.744. The number of halogens is 1. The summed E-state index contributed by atoms with van der Waals surface area (Å²) < 4.78 is 17.3. The summed E-state index contributed by atoms with van der Waals surface area (Å²) in [7, 11) is 0. The van der Waals surface area contributed by atoms with Gasteiger partial charge in [-0.05, 0) is 18.6 Å². The van der Waals surface area contributed by atoms with Gasteiger partial charge in [-0.1, -0.05) is 29.4 Å². The summed E-state index contributed by atoms with van der Waals surface area (Å²) in [4.78, 5) is 0. The molecule has 0 unspecified atom stereocenters. The van der Waals surface area contributed by atoms with Gasteiger partial charge in [0.2, 0.25) is 0 Å². The topological polar surface area (TPSA) is 26.0 Å². The van der Waals surface area contributed by atoms with Crippen LogP contribution in [0, 0.1) is 0 Å². The summed E-state index contributed by atoms with van der Waals surface area (Å²) in [6, 6.07) is 9.23. The van der Waals surface area contributed by atoms with E-state index in [1.54, 1.807) is 6.07 Å². The molecule has 15 heavy (non-hydrogen) atoms. The second kappa shape index (κ2) is 4.09. The van der Waals surface area contributed by atoms with Crippen molar-refractivity contribution in [2.75, 3.05) is 0 Å². The van der Waals surface area contributed by atoms with Gasteiger partial charge >= 0.3 is 0 Å². The monoisotopic (exact) mass is 203 g/mol. The maximum Gasteiger partial charge on any atom is 0.124 e. The molecule has 0 saturated carbocycles. The van der Waals surface area contributed by atoms with Gasteiger partial charge in [0.1, 0.15) is 12.0 Å². The molecule has 0 aliphatic carbocycles. The van der Waals surface area contributed by atoms with Gasteiger partial charge in [0.25, 0.3) is 0 Å². The van der Waals surface area contributed by atoms with Gasteiger partial charge in [-0.15, -0.1) is 0 Å². The zero-order valence-electron chi connectivity index (χ0n) is 8.27. The molecule has 0 saturated heterocycles. The van der Waals surface area contributed by atoms with E-state index in [4.69, 9.17) is 4.52 Å². The number of hydrogen-bond acceptors (Lipinski definition) is 2. The van der Waals surface area contributed by atoms with Gasteiger partial charge in [-0.2, -0.15) is 0 Å². The van der Waals surface area contributed by atoms with Crippen LogP contribution in [-0.2, 0) is 0 Å². The molecule has 0 spiro atoms. The van der Waals surface area contributed by atoms with Gasteiger partial charge in [0.05, 0.1) is 5.83 Å². The van der Waals surface area contributed by atoms with Crippen molar-refractivity contribution in [1.29, 1.82) is 0 Å². The molecule has 2 rings (SSSR count). The van der Waals surface area contributed by atoms with Crippen LogP contribution in [0.1, 0.15) is 12.5 Å². The zero-order valence-corrected chi connectivity index (χ0v) is 8.27. The highest BCUT2D eigenvalue weighted by Gasteiger charge is 1.99. The molecule has 2 nitrogen and oxygen atoms in total. The number of hydrogen-bond donors (Lipinski definition) is 0. The fraction of sp³-hybridized carbons (Fsp3) is 0.0833. The molecule has 0 amide bonds. The van der Waals surface area contributed by atoms with Gasteiger partial charge in [0.15, 0.2) is 0 Å². The molecule has 0 aliphatic heterocycles. The van der Waals surface area contributed by atoms with Gasteiger partial charge in [0, 0.05) is 11.6 Å². The molecule has 3 heteroatoms. The Morgan fingerprint density at radius 1 is 1.27 bits per heavy atom. The van der Waals surface area contributed by atoms with Crippen molar-refractivity contribution >= 4 is 6.08 Å². The molecule has 0 fully saturated rings. The number of rotatable bonds is 2. The molecular formula is C12H10FNO. The average molecular weight is 203 g/mol. The molecule has 0 N–H and O–H groups in total. The second-order valence-corrected chi connectivity index (χ2v) is 3.24. The number of nitrogens with zero attached hydrogens (tertiary/aromatic N) is 1. The molecule has 2 aromatic rings. The molecule has 1 aromatic heterocycles. The molecule has 1 heterocycles. The van der Waals surface area contributed by atoms with Crippen LogP contribution in [-0.4, -0.2) is 5.16 Å². The predicted octanol–water partition coefficient (Wildman–Crippen LogP) is 3.67. The first-order valence-corrected chi connectivity index (χ1v) is 4.60. The number of allylic oxidation sites excluding steroid dienone is 1. The van der Waals surface area contributed by atoms with Gasteiger partial charge < -0.3 is 4.52 Å². The van der Waals surface area contributed by atoms with E-state index < -0.39 is 0 Å². The summed E-state index contributed by atoms with van der Waals surface area (Å²) in [5.74, 6) is -0.204. The standard InChI is InChI=1S/C12H10FNO/c1-9(13)8-10-2-4-11(5-3-10)12-6-7-15-14-12/h2-8H,1H3/b9-8+. The van der Waals surface area contributed by atoms with E-state index in [0.717, 1.165) is 16.8 Å². The van der Waals surface area contributed by atoms with Gasteiger partial charge in [-0.25, -0.2) is 4.39 Å². The Morgan fingerprint density at radius 2 is 2.00 bits per heavy atom. The van der Waals surface area contributed by atoms with E-state index in [1.165, 1.54) is 19.3 Å². The van der Waals surface area contributed by atoms with Crippen molar-refractivity contribution in [3.05, 3.63) is 48.0 Å². The van der Waals surface area contributed by atoms with Crippen LogP contribution in [0.3, 0.4) is 0 Å². The third kappa shape index (κ3) is 2.31. The third-order valence-electron chi connectivity index (χ3n) is 2.01. The highest BCUT2D eigenvalue weighted by Crippen LogP contribution is 2.18. The number of benzene rings is 1. The molecular weight excluding hydrogens is 193 g/mol. The molecule has 1 aromatic carbocycles. The van der Waals surface area contributed by atoms with Crippen LogP contribution >= 0.6 is 0 Å². The van der Waals surface area contributed by atoms with Crippen LogP contribution in [0.15, 0.2) is 46.9 Å². The Hall–Kier alpha value is -1.90. The van der Waals surface area contributed by atoms with Crippen molar-refractivity contribution in [2.45, 2.75) is 6.92 Å². The highest BCUT2D eigenvalue weighted by atomic mass is 19.1. The van der Waals surface area contributed by atoms with E-state index in [0.29, 0.717) is 0 Å². The minimum Gasteiger partial charge on any atom is -0.364 e. The molecule has 0 aliphatic rings. The molecule has 0 radical (unpaired) electrons. The Balaban J connectivity index is 2.29. The van der Waals surface area contributed by atoms with E-state index in [2.05, 4.69) is 5.16 Å². The maximum absolute atomic E-state index is 12.6. The average Bonchev–Trinajstić information content (AvgIpc) is 2.71.